The summed E-state index contributed by atoms with van der Waals surface area (Å²) in [5, 5.41) is -0.613. The van der Waals surface area contributed by atoms with Crippen LogP contribution in [-0.2, 0) is 9.53 Å². The first-order valence-electron chi connectivity index (χ1n) is 3.52. The molecule has 0 rings (SSSR count). The van der Waals surface area contributed by atoms with Crippen LogP contribution in [0.5, 0.6) is 0 Å². The first kappa shape index (κ1) is 12.3. The third-order valence-corrected chi connectivity index (χ3v) is 3.31. The molecule has 0 spiro atoms. The molecule has 5 heteroatoms. The van der Waals surface area contributed by atoms with Crippen molar-refractivity contribution < 1.29 is 9.53 Å². The SMILES string of the molecule is CCC(Cl)(Cl)C(Cl)CC(=O)OC. The lowest BCUT2D eigenvalue weighted by molar-refractivity contribution is -0.140. The van der Waals surface area contributed by atoms with Crippen molar-refractivity contribution >= 4 is 40.8 Å². The van der Waals surface area contributed by atoms with E-state index < -0.39 is 15.7 Å². The van der Waals surface area contributed by atoms with Gasteiger partial charge < -0.3 is 4.74 Å². The molecular formula is C7H11Cl3O2. The van der Waals surface area contributed by atoms with Crippen LogP contribution in [0.4, 0.5) is 0 Å². The molecule has 12 heavy (non-hydrogen) atoms. The van der Waals surface area contributed by atoms with Crippen LogP contribution in [0.1, 0.15) is 19.8 Å². The quantitative estimate of drug-likeness (QED) is 0.551. The highest BCUT2D eigenvalue weighted by Gasteiger charge is 2.33. The molecule has 0 aromatic carbocycles. The summed E-state index contributed by atoms with van der Waals surface area (Å²) in [5.74, 6) is -0.408. The van der Waals surface area contributed by atoms with Crippen LogP contribution in [-0.4, -0.2) is 22.8 Å². The number of carbonyl (C=O) groups is 1. The lowest BCUT2D eigenvalue weighted by atomic mass is 10.2. The third-order valence-electron chi connectivity index (χ3n) is 1.50. The number of hydrogen-bond donors (Lipinski definition) is 0. The highest BCUT2D eigenvalue weighted by atomic mass is 35.5. The van der Waals surface area contributed by atoms with Crippen molar-refractivity contribution in [2.24, 2.45) is 0 Å². The first-order valence-corrected chi connectivity index (χ1v) is 4.72. The van der Waals surface area contributed by atoms with Crippen LogP contribution >= 0.6 is 34.8 Å². The molecule has 0 saturated carbocycles. The van der Waals surface area contributed by atoms with E-state index in [-0.39, 0.29) is 6.42 Å². The zero-order chi connectivity index (χ0) is 9.78. The minimum absolute atomic E-state index is 0.0267. The van der Waals surface area contributed by atoms with Crippen molar-refractivity contribution in [1.29, 1.82) is 0 Å². The van der Waals surface area contributed by atoms with Gasteiger partial charge in [-0.3, -0.25) is 4.79 Å². The van der Waals surface area contributed by atoms with Crippen molar-refractivity contribution in [2.45, 2.75) is 29.5 Å². The van der Waals surface area contributed by atoms with E-state index in [0.29, 0.717) is 6.42 Å². The van der Waals surface area contributed by atoms with Crippen LogP contribution in [0, 0.1) is 0 Å². The number of hydrogen-bond acceptors (Lipinski definition) is 2. The van der Waals surface area contributed by atoms with Crippen molar-refractivity contribution in [3.05, 3.63) is 0 Å². The molecule has 0 bridgehead atoms. The predicted octanol–water partition coefficient (Wildman–Crippen LogP) is 2.74. The smallest absolute Gasteiger partial charge is 0.307 e. The van der Waals surface area contributed by atoms with E-state index >= 15 is 0 Å². The van der Waals surface area contributed by atoms with E-state index in [1.165, 1.54) is 7.11 Å². The van der Waals surface area contributed by atoms with Gasteiger partial charge in [0.1, 0.15) is 4.33 Å². The molecule has 0 amide bonds. The summed E-state index contributed by atoms with van der Waals surface area (Å²) in [6.07, 6.45) is 0.514. The van der Waals surface area contributed by atoms with Gasteiger partial charge in [-0.1, -0.05) is 6.92 Å². The summed E-state index contributed by atoms with van der Waals surface area (Å²) in [6.45, 7) is 1.80. The number of ether oxygens (including phenoxy) is 1. The number of rotatable bonds is 4. The molecule has 0 heterocycles. The second-order valence-electron chi connectivity index (χ2n) is 2.36. The summed E-state index contributed by atoms with van der Waals surface area (Å²) >= 11 is 17.4. The Bertz CT molecular complexity index is 159. The zero-order valence-corrected chi connectivity index (χ0v) is 9.21. The highest BCUT2D eigenvalue weighted by Crippen LogP contribution is 2.34. The Morgan fingerprint density at radius 3 is 2.42 bits per heavy atom. The summed E-state index contributed by atoms with van der Waals surface area (Å²) in [6, 6.07) is 0. The zero-order valence-electron chi connectivity index (χ0n) is 6.94. The first-order chi connectivity index (χ1) is 5.44. The Hall–Kier alpha value is 0.340. The minimum atomic E-state index is -1.06. The monoisotopic (exact) mass is 232 g/mol. The molecule has 0 aliphatic heterocycles. The van der Waals surface area contributed by atoms with Crippen LogP contribution in [0.3, 0.4) is 0 Å². The number of carbonyl (C=O) groups excluding carboxylic acids is 1. The number of alkyl halides is 3. The van der Waals surface area contributed by atoms with E-state index in [1.54, 1.807) is 6.92 Å². The van der Waals surface area contributed by atoms with E-state index in [1.807, 2.05) is 0 Å². The molecule has 0 saturated heterocycles. The van der Waals surface area contributed by atoms with Crippen molar-refractivity contribution in [3.8, 4) is 0 Å². The predicted molar refractivity (Wildman–Crippen MR) is 51.0 cm³/mol. The number of methoxy groups -OCH3 is 1. The van der Waals surface area contributed by atoms with E-state index in [0.717, 1.165) is 0 Å². The van der Waals surface area contributed by atoms with Crippen molar-refractivity contribution in [3.63, 3.8) is 0 Å². The molecule has 0 aromatic heterocycles. The van der Waals surface area contributed by atoms with Crippen LogP contribution in [0.25, 0.3) is 0 Å². The van der Waals surface area contributed by atoms with Crippen LogP contribution < -0.4 is 0 Å². The minimum Gasteiger partial charge on any atom is -0.469 e. The lowest BCUT2D eigenvalue weighted by Crippen LogP contribution is -2.28. The Kier molecular flexibility index (Phi) is 5.30. The molecule has 0 aliphatic carbocycles. The summed E-state index contributed by atoms with van der Waals surface area (Å²) in [7, 11) is 1.29. The second-order valence-corrected chi connectivity index (χ2v) is 4.43. The average molecular weight is 234 g/mol. The maximum Gasteiger partial charge on any atom is 0.307 e. The van der Waals surface area contributed by atoms with E-state index in [4.69, 9.17) is 34.8 Å². The molecule has 0 radical (unpaired) electrons. The fourth-order valence-electron chi connectivity index (χ4n) is 0.600. The highest BCUT2D eigenvalue weighted by molar-refractivity contribution is 6.52. The van der Waals surface area contributed by atoms with Gasteiger partial charge in [-0.05, 0) is 6.42 Å². The maximum absolute atomic E-state index is 10.8. The van der Waals surface area contributed by atoms with Crippen molar-refractivity contribution in [2.75, 3.05) is 7.11 Å². The molecule has 1 unspecified atom stereocenters. The van der Waals surface area contributed by atoms with Gasteiger partial charge in [0.15, 0.2) is 0 Å². The summed E-state index contributed by atoms with van der Waals surface area (Å²) in [5.41, 5.74) is 0. The van der Waals surface area contributed by atoms with Gasteiger partial charge in [-0.15, -0.1) is 34.8 Å². The molecule has 72 valence electrons. The summed E-state index contributed by atoms with van der Waals surface area (Å²) in [4.78, 5) is 10.8. The van der Waals surface area contributed by atoms with Crippen molar-refractivity contribution in [1.82, 2.24) is 0 Å². The molecular weight excluding hydrogens is 222 g/mol. The molecule has 2 nitrogen and oxygen atoms in total. The van der Waals surface area contributed by atoms with E-state index in [9.17, 15) is 4.79 Å². The Morgan fingerprint density at radius 2 is 2.08 bits per heavy atom. The second kappa shape index (κ2) is 5.15. The van der Waals surface area contributed by atoms with Gasteiger partial charge >= 0.3 is 5.97 Å². The molecule has 0 aromatic rings. The Morgan fingerprint density at radius 1 is 1.58 bits per heavy atom. The average Bonchev–Trinajstić information content (AvgIpc) is 2.04. The van der Waals surface area contributed by atoms with Gasteiger partial charge in [0.2, 0.25) is 0 Å². The van der Waals surface area contributed by atoms with Gasteiger partial charge in [0.05, 0.1) is 18.9 Å². The molecule has 1 atom stereocenters. The number of esters is 1. The Balaban J connectivity index is 4.02. The normalized spacial score (nSPS) is 14.1. The Labute approximate surface area is 87.1 Å². The fourth-order valence-corrected chi connectivity index (χ4v) is 1.04. The lowest BCUT2D eigenvalue weighted by Gasteiger charge is -2.22. The third kappa shape index (κ3) is 3.83. The van der Waals surface area contributed by atoms with Crippen LogP contribution in [0.2, 0.25) is 0 Å². The molecule has 0 aliphatic rings. The standard InChI is InChI=1S/C7H11Cl3O2/c1-3-7(9,10)5(8)4-6(11)12-2/h5H,3-4H2,1-2H3. The summed E-state index contributed by atoms with van der Waals surface area (Å²) < 4.78 is 3.36. The van der Waals surface area contributed by atoms with Gasteiger partial charge in [0, 0.05) is 0 Å². The fraction of sp³-hybridized carbons (Fsp3) is 0.857. The van der Waals surface area contributed by atoms with Gasteiger partial charge in [-0.2, -0.15) is 0 Å². The van der Waals surface area contributed by atoms with Crippen LogP contribution in [0.15, 0.2) is 0 Å². The molecule has 0 fully saturated rings. The molecule has 0 N–H and O–H groups in total. The maximum atomic E-state index is 10.8. The van der Waals surface area contributed by atoms with Gasteiger partial charge in [0.25, 0.3) is 0 Å². The largest absolute Gasteiger partial charge is 0.469 e. The number of halogens is 3. The van der Waals surface area contributed by atoms with Gasteiger partial charge in [-0.25, -0.2) is 0 Å². The topological polar surface area (TPSA) is 26.3 Å². The van der Waals surface area contributed by atoms with E-state index in [2.05, 4.69) is 4.74 Å².